The summed E-state index contributed by atoms with van der Waals surface area (Å²) in [5, 5.41) is 2.93. The predicted octanol–water partition coefficient (Wildman–Crippen LogP) is 3.97. The molecule has 0 saturated heterocycles. The van der Waals surface area contributed by atoms with E-state index in [4.69, 9.17) is 14.2 Å². The van der Waals surface area contributed by atoms with Crippen molar-refractivity contribution in [3.8, 4) is 17.2 Å². The van der Waals surface area contributed by atoms with Gasteiger partial charge in [0.05, 0.1) is 20.8 Å². The molecule has 0 spiro atoms. The van der Waals surface area contributed by atoms with Gasteiger partial charge in [-0.05, 0) is 35.7 Å². The molecule has 3 rings (SSSR count). The van der Waals surface area contributed by atoms with Crippen molar-refractivity contribution in [1.82, 2.24) is 0 Å². The van der Waals surface area contributed by atoms with Crippen LogP contribution in [-0.4, -0.2) is 26.7 Å². The average molecular weight is 341 g/mol. The number of benzene rings is 2. The summed E-state index contributed by atoms with van der Waals surface area (Å²) < 4.78 is 16.4. The van der Waals surface area contributed by atoms with Crippen LogP contribution in [-0.2, 0) is 4.79 Å². The lowest BCUT2D eigenvalue weighted by Crippen LogP contribution is -2.23. The van der Waals surface area contributed by atoms with Crippen molar-refractivity contribution in [3.63, 3.8) is 0 Å². The molecule has 2 aromatic carbocycles. The number of rotatable bonds is 6. The second kappa shape index (κ2) is 7.47. The molecule has 1 amide bonds. The first-order valence-electron chi connectivity index (χ1n) is 8.44. The number of nitrogens with one attached hydrogen (secondary N) is 1. The number of carbonyl (C=O) groups is 1. The average Bonchev–Trinajstić information content (AvgIpc) is 2.65. The number of amides is 1. The zero-order valence-electron chi connectivity index (χ0n) is 14.8. The van der Waals surface area contributed by atoms with Crippen molar-refractivity contribution >= 4 is 11.6 Å². The Morgan fingerprint density at radius 3 is 2.40 bits per heavy atom. The largest absolute Gasteiger partial charge is 0.494 e. The normalized spacial score (nSPS) is 16.0. The van der Waals surface area contributed by atoms with Crippen LogP contribution in [0.4, 0.5) is 5.69 Å². The predicted molar refractivity (Wildman–Crippen MR) is 96.9 cm³/mol. The van der Waals surface area contributed by atoms with Crippen LogP contribution in [0, 0.1) is 0 Å². The van der Waals surface area contributed by atoms with Gasteiger partial charge in [0, 0.05) is 24.1 Å². The third kappa shape index (κ3) is 3.55. The van der Waals surface area contributed by atoms with Gasteiger partial charge in [0.2, 0.25) is 5.91 Å². The lowest BCUT2D eigenvalue weighted by atomic mass is 9.84. The van der Waals surface area contributed by atoms with E-state index >= 15 is 0 Å². The summed E-state index contributed by atoms with van der Waals surface area (Å²) in [5.74, 6) is 2.08. The van der Waals surface area contributed by atoms with Crippen LogP contribution in [0.5, 0.6) is 17.2 Å². The first-order valence-corrected chi connectivity index (χ1v) is 8.44. The fourth-order valence-electron chi connectivity index (χ4n) is 3.10. The molecule has 25 heavy (non-hydrogen) atoms. The van der Waals surface area contributed by atoms with Crippen molar-refractivity contribution < 1.29 is 19.0 Å². The SMILES string of the molecule is CCCOc1ccc([C@@H]2CC(=O)Nc3cc(OC)c(OC)cc32)cc1. The summed E-state index contributed by atoms with van der Waals surface area (Å²) >= 11 is 0. The lowest BCUT2D eigenvalue weighted by Gasteiger charge is -2.27. The quantitative estimate of drug-likeness (QED) is 0.864. The molecule has 1 heterocycles. The highest BCUT2D eigenvalue weighted by molar-refractivity contribution is 5.96. The maximum Gasteiger partial charge on any atom is 0.225 e. The number of carbonyl (C=O) groups excluding carboxylic acids is 1. The summed E-state index contributed by atoms with van der Waals surface area (Å²) in [4.78, 5) is 12.2. The summed E-state index contributed by atoms with van der Waals surface area (Å²) in [6.45, 7) is 2.78. The van der Waals surface area contributed by atoms with E-state index in [0.29, 0.717) is 24.5 Å². The van der Waals surface area contributed by atoms with E-state index < -0.39 is 0 Å². The number of fused-ring (bicyclic) bond motifs is 1. The van der Waals surface area contributed by atoms with Gasteiger partial charge < -0.3 is 19.5 Å². The summed E-state index contributed by atoms with van der Waals surface area (Å²) in [6, 6.07) is 11.7. The Morgan fingerprint density at radius 1 is 1.08 bits per heavy atom. The third-order valence-corrected chi connectivity index (χ3v) is 4.35. The standard InChI is InChI=1S/C20H23NO4/c1-4-9-25-14-7-5-13(6-8-14)15-11-20(22)21-17-12-19(24-3)18(23-2)10-16(15)17/h5-8,10,12,15H,4,9,11H2,1-3H3,(H,21,22)/t15-/m0/s1. The number of ether oxygens (including phenoxy) is 3. The zero-order valence-corrected chi connectivity index (χ0v) is 14.8. The van der Waals surface area contributed by atoms with Crippen LogP contribution in [0.15, 0.2) is 36.4 Å². The zero-order chi connectivity index (χ0) is 17.8. The molecular formula is C20H23NO4. The van der Waals surface area contributed by atoms with Gasteiger partial charge in [-0.2, -0.15) is 0 Å². The molecule has 1 aliphatic rings. The van der Waals surface area contributed by atoms with Crippen molar-refractivity contribution in [3.05, 3.63) is 47.5 Å². The summed E-state index contributed by atoms with van der Waals surface area (Å²) in [7, 11) is 3.20. The molecule has 1 atom stereocenters. The Morgan fingerprint density at radius 2 is 1.76 bits per heavy atom. The minimum absolute atomic E-state index is 0.00368. The number of methoxy groups -OCH3 is 2. The number of anilines is 1. The highest BCUT2D eigenvalue weighted by Crippen LogP contribution is 2.43. The van der Waals surface area contributed by atoms with E-state index in [1.807, 2.05) is 36.4 Å². The minimum Gasteiger partial charge on any atom is -0.494 e. The number of hydrogen-bond donors (Lipinski definition) is 1. The maximum absolute atomic E-state index is 12.2. The second-order valence-corrected chi connectivity index (χ2v) is 6.02. The molecule has 132 valence electrons. The number of hydrogen-bond acceptors (Lipinski definition) is 4. The molecule has 5 nitrogen and oxygen atoms in total. The van der Waals surface area contributed by atoms with Gasteiger partial charge in [-0.3, -0.25) is 4.79 Å². The van der Waals surface area contributed by atoms with E-state index in [2.05, 4.69) is 12.2 Å². The first-order chi connectivity index (χ1) is 12.2. The summed E-state index contributed by atoms with van der Waals surface area (Å²) in [6.07, 6.45) is 1.37. The Bertz CT molecular complexity index is 755. The molecule has 0 radical (unpaired) electrons. The van der Waals surface area contributed by atoms with Gasteiger partial charge >= 0.3 is 0 Å². The topological polar surface area (TPSA) is 56.8 Å². The molecular weight excluding hydrogens is 318 g/mol. The molecule has 0 aliphatic carbocycles. The molecule has 0 bridgehead atoms. The molecule has 2 aromatic rings. The molecule has 1 aliphatic heterocycles. The van der Waals surface area contributed by atoms with Gasteiger partial charge in [0.1, 0.15) is 5.75 Å². The van der Waals surface area contributed by atoms with E-state index in [9.17, 15) is 4.79 Å². The van der Waals surface area contributed by atoms with Crippen LogP contribution >= 0.6 is 0 Å². The van der Waals surface area contributed by atoms with Gasteiger partial charge in [0.15, 0.2) is 11.5 Å². The van der Waals surface area contributed by atoms with Crippen LogP contribution in [0.3, 0.4) is 0 Å². The van der Waals surface area contributed by atoms with Crippen LogP contribution < -0.4 is 19.5 Å². The Labute approximate surface area is 147 Å². The van der Waals surface area contributed by atoms with Crippen molar-refractivity contribution in [2.45, 2.75) is 25.7 Å². The Balaban J connectivity index is 1.96. The van der Waals surface area contributed by atoms with Gasteiger partial charge in [-0.1, -0.05) is 19.1 Å². The molecule has 0 unspecified atom stereocenters. The Hall–Kier alpha value is -2.69. The second-order valence-electron chi connectivity index (χ2n) is 6.02. The van der Waals surface area contributed by atoms with E-state index in [1.165, 1.54) is 0 Å². The van der Waals surface area contributed by atoms with Crippen LogP contribution in [0.25, 0.3) is 0 Å². The van der Waals surface area contributed by atoms with Crippen molar-refractivity contribution in [2.75, 3.05) is 26.1 Å². The van der Waals surface area contributed by atoms with Gasteiger partial charge in [0.25, 0.3) is 0 Å². The molecule has 0 saturated carbocycles. The monoisotopic (exact) mass is 341 g/mol. The Kier molecular flexibility index (Phi) is 5.12. The smallest absolute Gasteiger partial charge is 0.225 e. The van der Waals surface area contributed by atoms with E-state index in [-0.39, 0.29) is 11.8 Å². The third-order valence-electron chi connectivity index (χ3n) is 4.35. The fraction of sp³-hybridized carbons (Fsp3) is 0.350. The lowest BCUT2D eigenvalue weighted by molar-refractivity contribution is -0.116. The maximum atomic E-state index is 12.2. The van der Waals surface area contributed by atoms with Crippen LogP contribution in [0.2, 0.25) is 0 Å². The molecule has 0 fully saturated rings. The van der Waals surface area contributed by atoms with Crippen molar-refractivity contribution in [1.29, 1.82) is 0 Å². The van der Waals surface area contributed by atoms with Crippen LogP contribution in [0.1, 0.15) is 36.8 Å². The van der Waals surface area contributed by atoms with Gasteiger partial charge in [-0.25, -0.2) is 0 Å². The highest BCUT2D eigenvalue weighted by atomic mass is 16.5. The highest BCUT2D eigenvalue weighted by Gasteiger charge is 2.28. The molecule has 1 N–H and O–H groups in total. The fourth-order valence-corrected chi connectivity index (χ4v) is 3.10. The van der Waals surface area contributed by atoms with E-state index in [1.54, 1.807) is 14.2 Å². The van der Waals surface area contributed by atoms with E-state index in [0.717, 1.165) is 29.0 Å². The first kappa shape index (κ1) is 17.1. The minimum atomic E-state index is -0.0243. The summed E-state index contributed by atoms with van der Waals surface area (Å²) in [5.41, 5.74) is 2.87. The molecule has 0 aromatic heterocycles. The molecule has 5 heteroatoms. The van der Waals surface area contributed by atoms with Gasteiger partial charge in [-0.15, -0.1) is 0 Å². The van der Waals surface area contributed by atoms with Crippen molar-refractivity contribution in [2.24, 2.45) is 0 Å².